The fourth-order valence-corrected chi connectivity index (χ4v) is 2.77. The Balaban J connectivity index is 0.00000145. The van der Waals surface area contributed by atoms with E-state index in [1.165, 1.54) is 0 Å². The second-order valence-corrected chi connectivity index (χ2v) is 6.06. The van der Waals surface area contributed by atoms with E-state index in [0.29, 0.717) is 16.8 Å². The second kappa shape index (κ2) is 10.7. The number of nitrogens with one attached hydrogen (secondary N) is 2. The smallest absolute Gasteiger partial charge is 0.258 e. The maximum atomic E-state index is 12.4. The van der Waals surface area contributed by atoms with E-state index in [9.17, 15) is 9.59 Å². The largest absolute Gasteiger partial charge is 0.388 e. The summed E-state index contributed by atoms with van der Waals surface area (Å²) in [6, 6.07) is 14.8. The van der Waals surface area contributed by atoms with Crippen LogP contribution in [0.15, 0.2) is 54.7 Å². The summed E-state index contributed by atoms with van der Waals surface area (Å²) in [6.07, 6.45) is 2.59. The summed E-state index contributed by atoms with van der Waals surface area (Å²) in [6.45, 7) is 5.99. The molecule has 0 saturated heterocycles. The molecule has 1 amide bonds. The molecule has 3 aromatic rings. The maximum Gasteiger partial charge on any atom is 0.258 e. The predicted octanol–water partition coefficient (Wildman–Crippen LogP) is 4.51. The van der Waals surface area contributed by atoms with Gasteiger partial charge in [0.25, 0.3) is 5.91 Å². The SMILES string of the molecule is CC.CNc1ccc(C)cc1-c1nc(NC(=O)c2ccccc2)ncc1CC=O. The number of nitrogens with zero attached hydrogens (tertiary/aromatic N) is 2. The summed E-state index contributed by atoms with van der Waals surface area (Å²) in [5, 5.41) is 5.86. The highest BCUT2D eigenvalue weighted by Gasteiger charge is 2.15. The van der Waals surface area contributed by atoms with Crippen LogP contribution in [-0.2, 0) is 11.2 Å². The van der Waals surface area contributed by atoms with E-state index in [4.69, 9.17) is 0 Å². The molecule has 0 saturated carbocycles. The van der Waals surface area contributed by atoms with Crippen LogP contribution >= 0.6 is 0 Å². The number of amides is 1. The van der Waals surface area contributed by atoms with Crippen LogP contribution in [-0.4, -0.2) is 29.2 Å². The number of hydrogen-bond donors (Lipinski definition) is 2. The van der Waals surface area contributed by atoms with E-state index in [2.05, 4.69) is 20.6 Å². The fourth-order valence-electron chi connectivity index (χ4n) is 2.77. The first-order chi connectivity index (χ1) is 14.1. The van der Waals surface area contributed by atoms with Crippen molar-refractivity contribution in [3.05, 3.63) is 71.4 Å². The number of anilines is 2. The minimum atomic E-state index is -0.289. The third-order valence-electron chi connectivity index (χ3n) is 4.13. The molecule has 0 atom stereocenters. The average molecular weight is 390 g/mol. The van der Waals surface area contributed by atoms with Gasteiger partial charge in [0.1, 0.15) is 6.29 Å². The summed E-state index contributed by atoms with van der Waals surface area (Å²) in [5.74, 6) is -0.0974. The first-order valence-electron chi connectivity index (χ1n) is 9.57. The molecule has 0 unspecified atom stereocenters. The van der Waals surface area contributed by atoms with Crippen molar-refractivity contribution >= 4 is 23.8 Å². The lowest BCUT2D eigenvalue weighted by molar-refractivity contribution is -0.107. The lowest BCUT2D eigenvalue weighted by Gasteiger charge is -2.14. The maximum absolute atomic E-state index is 12.4. The van der Waals surface area contributed by atoms with Gasteiger partial charge >= 0.3 is 0 Å². The Bertz CT molecular complexity index is 972. The molecule has 0 bridgehead atoms. The summed E-state index contributed by atoms with van der Waals surface area (Å²) in [7, 11) is 1.83. The van der Waals surface area contributed by atoms with Gasteiger partial charge in [0.2, 0.25) is 5.95 Å². The van der Waals surface area contributed by atoms with Gasteiger partial charge in [-0.25, -0.2) is 9.97 Å². The molecular formula is C23H26N4O2. The van der Waals surface area contributed by atoms with Crippen LogP contribution in [0.4, 0.5) is 11.6 Å². The zero-order chi connectivity index (χ0) is 21.2. The van der Waals surface area contributed by atoms with Crippen molar-refractivity contribution in [3.63, 3.8) is 0 Å². The van der Waals surface area contributed by atoms with Crippen LogP contribution in [0.25, 0.3) is 11.3 Å². The average Bonchev–Trinajstić information content (AvgIpc) is 2.77. The van der Waals surface area contributed by atoms with Crippen molar-refractivity contribution in [2.45, 2.75) is 27.2 Å². The van der Waals surface area contributed by atoms with Crippen molar-refractivity contribution in [2.24, 2.45) is 0 Å². The monoisotopic (exact) mass is 390 g/mol. The molecule has 29 heavy (non-hydrogen) atoms. The lowest BCUT2D eigenvalue weighted by Crippen LogP contribution is -2.15. The van der Waals surface area contributed by atoms with E-state index in [1.54, 1.807) is 30.5 Å². The molecule has 0 aliphatic rings. The summed E-state index contributed by atoms with van der Waals surface area (Å²) < 4.78 is 0. The molecule has 0 aliphatic heterocycles. The Hall–Kier alpha value is -3.54. The van der Waals surface area contributed by atoms with Crippen molar-refractivity contribution in [1.29, 1.82) is 0 Å². The van der Waals surface area contributed by atoms with Crippen LogP contribution < -0.4 is 10.6 Å². The van der Waals surface area contributed by atoms with E-state index in [1.807, 2.05) is 52.1 Å². The van der Waals surface area contributed by atoms with Crippen LogP contribution in [0.2, 0.25) is 0 Å². The highest BCUT2D eigenvalue weighted by molar-refractivity contribution is 6.03. The van der Waals surface area contributed by atoms with Gasteiger partial charge in [0, 0.05) is 42.0 Å². The first-order valence-corrected chi connectivity index (χ1v) is 9.57. The standard InChI is InChI=1S/C21H20N4O2.C2H6/c1-14-8-9-18(22-2)17(12-14)19-16(10-11-26)13-23-21(24-19)25-20(27)15-6-4-3-5-7-15;1-2/h3-9,11-13,22H,10H2,1-2H3,(H,23,24,25,27);1-2H3. The molecule has 6 nitrogen and oxygen atoms in total. The highest BCUT2D eigenvalue weighted by Crippen LogP contribution is 2.30. The number of carbonyl (C=O) groups excluding carboxylic acids is 2. The molecule has 0 fully saturated rings. The lowest BCUT2D eigenvalue weighted by atomic mass is 10.0. The van der Waals surface area contributed by atoms with Crippen LogP contribution in [0.1, 0.15) is 35.3 Å². The third-order valence-corrected chi connectivity index (χ3v) is 4.13. The van der Waals surface area contributed by atoms with Crippen LogP contribution in [0.3, 0.4) is 0 Å². The number of rotatable bonds is 6. The van der Waals surface area contributed by atoms with Crippen LogP contribution in [0, 0.1) is 6.92 Å². The Kier molecular flexibility index (Phi) is 8.03. The topological polar surface area (TPSA) is 84.0 Å². The summed E-state index contributed by atoms with van der Waals surface area (Å²) in [4.78, 5) is 32.2. The number of benzene rings is 2. The number of aldehydes is 1. The van der Waals surface area contributed by atoms with Crippen molar-refractivity contribution in [1.82, 2.24) is 9.97 Å². The van der Waals surface area contributed by atoms with Gasteiger partial charge in [-0.05, 0) is 31.2 Å². The van der Waals surface area contributed by atoms with Gasteiger partial charge in [-0.1, -0.05) is 43.7 Å². The zero-order valence-corrected chi connectivity index (χ0v) is 17.2. The molecule has 2 N–H and O–H groups in total. The van der Waals surface area contributed by atoms with Gasteiger partial charge in [-0.15, -0.1) is 0 Å². The summed E-state index contributed by atoms with van der Waals surface area (Å²) >= 11 is 0. The summed E-state index contributed by atoms with van der Waals surface area (Å²) in [5.41, 5.74) is 4.64. The van der Waals surface area contributed by atoms with Crippen molar-refractivity contribution < 1.29 is 9.59 Å². The van der Waals surface area contributed by atoms with Crippen LogP contribution in [0.5, 0.6) is 0 Å². The van der Waals surface area contributed by atoms with E-state index in [0.717, 1.165) is 23.1 Å². The second-order valence-electron chi connectivity index (χ2n) is 6.06. The number of hydrogen-bond acceptors (Lipinski definition) is 5. The molecule has 6 heteroatoms. The van der Waals surface area contributed by atoms with E-state index < -0.39 is 0 Å². The number of carbonyl (C=O) groups is 2. The Labute approximate surface area is 171 Å². The minimum Gasteiger partial charge on any atom is -0.388 e. The molecule has 0 spiro atoms. The van der Waals surface area contributed by atoms with E-state index >= 15 is 0 Å². The molecule has 0 aliphatic carbocycles. The molecule has 0 radical (unpaired) electrons. The predicted molar refractivity (Wildman–Crippen MR) is 117 cm³/mol. The normalized spacial score (nSPS) is 9.79. The third kappa shape index (κ3) is 5.48. The Morgan fingerprint density at radius 1 is 1.10 bits per heavy atom. The first kappa shape index (κ1) is 21.8. The van der Waals surface area contributed by atoms with Crippen molar-refractivity contribution in [2.75, 3.05) is 17.7 Å². The zero-order valence-electron chi connectivity index (χ0n) is 17.2. The van der Waals surface area contributed by atoms with Gasteiger partial charge in [0.05, 0.1) is 5.69 Å². The van der Waals surface area contributed by atoms with E-state index in [-0.39, 0.29) is 18.3 Å². The number of aromatic nitrogens is 2. The molecule has 1 heterocycles. The molecule has 2 aromatic carbocycles. The van der Waals surface area contributed by atoms with Gasteiger partial charge in [-0.3, -0.25) is 10.1 Å². The Morgan fingerprint density at radius 2 is 1.83 bits per heavy atom. The molecular weight excluding hydrogens is 364 g/mol. The fraction of sp³-hybridized carbons (Fsp3) is 0.217. The molecule has 150 valence electrons. The van der Waals surface area contributed by atoms with Crippen molar-refractivity contribution in [3.8, 4) is 11.3 Å². The Morgan fingerprint density at radius 3 is 2.48 bits per heavy atom. The molecule has 3 rings (SSSR count). The molecule has 1 aromatic heterocycles. The van der Waals surface area contributed by atoms with Gasteiger partial charge < -0.3 is 10.1 Å². The highest BCUT2D eigenvalue weighted by atomic mass is 16.1. The van der Waals surface area contributed by atoms with Gasteiger partial charge in [0.15, 0.2) is 0 Å². The quantitative estimate of drug-likeness (QED) is 0.605. The van der Waals surface area contributed by atoms with Gasteiger partial charge in [-0.2, -0.15) is 0 Å². The number of aryl methyl sites for hydroxylation is 1. The minimum absolute atomic E-state index is 0.192.